The second-order valence-electron chi connectivity index (χ2n) is 9.66. The largest absolute Gasteiger partial charge is 0.456 e. The van der Waals surface area contributed by atoms with Crippen molar-refractivity contribution in [2.75, 3.05) is 13.2 Å². The lowest BCUT2D eigenvalue weighted by Gasteiger charge is -2.22. The van der Waals surface area contributed by atoms with Gasteiger partial charge in [0.15, 0.2) is 0 Å². The number of benzene rings is 2. The summed E-state index contributed by atoms with van der Waals surface area (Å²) >= 11 is 0. The molecule has 0 unspecified atom stereocenters. The van der Waals surface area contributed by atoms with Gasteiger partial charge in [-0.1, -0.05) is 12.1 Å². The maximum absolute atomic E-state index is 12.9. The van der Waals surface area contributed by atoms with E-state index in [2.05, 4.69) is 43.4 Å². The van der Waals surface area contributed by atoms with E-state index in [0.29, 0.717) is 29.6 Å². The van der Waals surface area contributed by atoms with Crippen molar-refractivity contribution >= 4 is 16.8 Å². The standard InChI is InChI=1S/C31H29N5O3/c1-21-26(31(37)34-18-22-7-12-32-13-8-22)3-2-4-29(21)39-30-9-14-33-28-17-23(5-6-27(28)30)24-19-35-36(20-24)25-10-15-38-16-11-25/h2-9,12-14,17,19-20,25H,10-11,15-16,18H2,1H3,(H,34,37). The molecule has 1 fully saturated rings. The van der Waals surface area contributed by atoms with Crippen molar-refractivity contribution in [2.24, 2.45) is 0 Å². The molecule has 196 valence electrons. The minimum absolute atomic E-state index is 0.153. The molecule has 1 saturated heterocycles. The summed E-state index contributed by atoms with van der Waals surface area (Å²) in [7, 11) is 0. The third-order valence-corrected chi connectivity index (χ3v) is 7.15. The monoisotopic (exact) mass is 519 g/mol. The molecule has 4 heterocycles. The molecule has 5 aromatic rings. The van der Waals surface area contributed by atoms with Crippen molar-refractivity contribution in [3.8, 4) is 22.6 Å². The Balaban J connectivity index is 1.21. The van der Waals surface area contributed by atoms with E-state index in [0.717, 1.165) is 59.2 Å². The number of carbonyl (C=O) groups is 1. The summed E-state index contributed by atoms with van der Waals surface area (Å²) in [6.07, 6.45) is 11.1. The molecular weight excluding hydrogens is 490 g/mol. The number of hydrogen-bond donors (Lipinski definition) is 1. The zero-order valence-corrected chi connectivity index (χ0v) is 21.7. The average Bonchev–Trinajstić information content (AvgIpc) is 3.48. The van der Waals surface area contributed by atoms with Gasteiger partial charge >= 0.3 is 0 Å². The summed E-state index contributed by atoms with van der Waals surface area (Å²) in [6, 6.07) is 17.7. The molecule has 1 amide bonds. The SMILES string of the molecule is Cc1c(Oc2ccnc3cc(-c4cnn(C5CCOCC5)c4)ccc23)cccc1C(=O)NCc1ccncc1. The van der Waals surface area contributed by atoms with Crippen LogP contribution in [0.3, 0.4) is 0 Å². The van der Waals surface area contributed by atoms with Gasteiger partial charge < -0.3 is 14.8 Å². The van der Waals surface area contributed by atoms with Crippen LogP contribution in [0.5, 0.6) is 11.5 Å². The zero-order chi connectivity index (χ0) is 26.6. The molecule has 3 aromatic heterocycles. The fourth-order valence-corrected chi connectivity index (χ4v) is 4.89. The molecule has 8 heteroatoms. The van der Waals surface area contributed by atoms with Gasteiger partial charge in [0.2, 0.25) is 0 Å². The van der Waals surface area contributed by atoms with E-state index in [1.54, 1.807) is 18.6 Å². The van der Waals surface area contributed by atoms with Crippen LogP contribution in [0.2, 0.25) is 0 Å². The molecular formula is C31H29N5O3. The first-order valence-corrected chi connectivity index (χ1v) is 13.1. The van der Waals surface area contributed by atoms with Crippen molar-refractivity contribution in [3.05, 3.63) is 102 Å². The molecule has 39 heavy (non-hydrogen) atoms. The second kappa shape index (κ2) is 11.0. The second-order valence-corrected chi connectivity index (χ2v) is 9.66. The first kappa shape index (κ1) is 24.8. The van der Waals surface area contributed by atoms with Crippen molar-refractivity contribution in [1.29, 1.82) is 0 Å². The van der Waals surface area contributed by atoms with Crippen LogP contribution in [-0.4, -0.2) is 38.9 Å². The normalized spacial score (nSPS) is 13.9. The summed E-state index contributed by atoms with van der Waals surface area (Å²) in [5, 5.41) is 8.48. The smallest absolute Gasteiger partial charge is 0.251 e. The molecule has 8 nitrogen and oxygen atoms in total. The Bertz CT molecular complexity index is 1610. The Morgan fingerprint density at radius 2 is 1.87 bits per heavy atom. The lowest BCUT2D eigenvalue weighted by atomic mass is 10.1. The molecule has 1 N–H and O–H groups in total. The van der Waals surface area contributed by atoms with Gasteiger partial charge in [-0.2, -0.15) is 5.10 Å². The Kier molecular flexibility index (Phi) is 7.01. The number of pyridine rings is 2. The Morgan fingerprint density at radius 1 is 1.03 bits per heavy atom. The number of hydrogen-bond acceptors (Lipinski definition) is 6. The Morgan fingerprint density at radius 3 is 2.72 bits per heavy atom. The number of carbonyl (C=O) groups excluding carboxylic acids is 1. The van der Waals surface area contributed by atoms with Crippen LogP contribution in [0.15, 0.2) is 85.6 Å². The van der Waals surface area contributed by atoms with Crippen LogP contribution < -0.4 is 10.1 Å². The highest BCUT2D eigenvalue weighted by atomic mass is 16.5. The summed E-state index contributed by atoms with van der Waals surface area (Å²) in [5.74, 6) is 1.16. The number of rotatable bonds is 7. The van der Waals surface area contributed by atoms with Crippen LogP contribution in [0, 0.1) is 6.92 Å². The van der Waals surface area contributed by atoms with Crippen molar-refractivity contribution < 1.29 is 14.3 Å². The quantitative estimate of drug-likeness (QED) is 0.289. The van der Waals surface area contributed by atoms with E-state index in [1.165, 1.54) is 0 Å². The maximum Gasteiger partial charge on any atom is 0.251 e. The van der Waals surface area contributed by atoms with Crippen LogP contribution >= 0.6 is 0 Å². The highest BCUT2D eigenvalue weighted by molar-refractivity contribution is 5.96. The van der Waals surface area contributed by atoms with E-state index in [-0.39, 0.29) is 5.91 Å². The van der Waals surface area contributed by atoms with E-state index >= 15 is 0 Å². The predicted octanol–water partition coefficient (Wildman–Crippen LogP) is 5.88. The average molecular weight is 520 g/mol. The minimum atomic E-state index is -0.153. The topological polar surface area (TPSA) is 91.2 Å². The molecule has 0 radical (unpaired) electrons. The number of aromatic nitrogens is 4. The van der Waals surface area contributed by atoms with Gasteiger partial charge in [0.25, 0.3) is 5.91 Å². The zero-order valence-electron chi connectivity index (χ0n) is 21.7. The summed E-state index contributed by atoms with van der Waals surface area (Å²) in [4.78, 5) is 21.5. The lowest BCUT2D eigenvalue weighted by molar-refractivity contribution is 0.0662. The van der Waals surface area contributed by atoms with Gasteiger partial charge in [-0.05, 0) is 73.4 Å². The van der Waals surface area contributed by atoms with Gasteiger partial charge in [-0.3, -0.25) is 19.4 Å². The Hall–Kier alpha value is -4.56. The third-order valence-electron chi connectivity index (χ3n) is 7.15. The number of ether oxygens (including phenoxy) is 2. The summed E-state index contributed by atoms with van der Waals surface area (Å²) < 4.78 is 13.9. The van der Waals surface area contributed by atoms with Gasteiger partial charge in [0.05, 0.1) is 17.8 Å². The lowest BCUT2D eigenvalue weighted by Crippen LogP contribution is -2.23. The number of fused-ring (bicyclic) bond motifs is 1. The van der Waals surface area contributed by atoms with Gasteiger partial charge in [0.1, 0.15) is 11.5 Å². The van der Waals surface area contributed by atoms with Gasteiger partial charge in [0, 0.05) is 66.6 Å². The molecule has 0 aliphatic carbocycles. The molecule has 0 atom stereocenters. The van der Waals surface area contributed by atoms with Crippen LogP contribution in [0.1, 0.15) is 40.4 Å². The van der Waals surface area contributed by atoms with Crippen molar-refractivity contribution in [1.82, 2.24) is 25.1 Å². The molecule has 0 bridgehead atoms. The molecule has 2 aromatic carbocycles. The number of amides is 1. The van der Waals surface area contributed by atoms with Crippen molar-refractivity contribution in [2.45, 2.75) is 32.4 Å². The Labute approximate surface area is 226 Å². The maximum atomic E-state index is 12.9. The minimum Gasteiger partial charge on any atom is -0.456 e. The predicted molar refractivity (Wildman–Crippen MR) is 149 cm³/mol. The fourth-order valence-electron chi connectivity index (χ4n) is 4.89. The van der Waals surface area contributed by atoms with E-state index in [1.807, 2.05) is 55.6 Å². The van der Waals surface area contributed by atoms with Gasteiger partial charge in [-0.15, -0.1) is 0 Å². The van der Waals surface area contributed by atoms with E-state index in [4.69, 9.17) is 9.47 Å². The van der Waals surface area contributed by atoms with Crippen LogP contribution in [0.4, 0.5) is 0 Å². The van der Waals surface area contributed by atoms with Crippen molar-refractivity contribution in [3.63, 3.8) is 0 Å². The molecule has 1 aliphatic rings. The molecule has 0 saturated carbocycles. The fraction of sp³-hybridized carbons (Fsp3) is 0.226. The van der Waals surface area contributed by atoms with Gasteiger partial charge in [-0.25, -0.2) is 0 Å². The van der Waals surface area contributed by atoms with E-state index < -0.39 is 0 Å². The summed E-state index contributed by atoms with van der Waals surface area (Å²) in [5.41, 5.74) is 5.26. The highest BCUT2D eigenvalue weighted by Crippen LogP contribution is 2.34. The first-order valence-electron chi connectivity index (χ1n) is 13.1. The third kappa shape index (κ3) is 5.37. The summed E-state index contributed by atoms with van der Waals surface area (Å²) in [6.45, 7) is 3.88. The van der Waals surface area contributed by atoms with Crippen LogP contribution in [0.25, 0.3) is 22.0 Å². The van der Waals surface area contributed by atoms with Crippen LogP contribution in [-0.2, 0) is 11.3 Å². The molecule has 6 rings (SSSR count). The number of nitrogens with one attached hydrogen (secondary N) is 1. The molecule has 1 aliphatic heterocycles. The van der Waals surface area contributed by atoms with E-state index in [9.17, 15) is 4.79 Å². The first-order chi connectivity index (χ1) is 19.2. The molecule has 0 spiro atoms. The number of nitrogens with zero attached hydrogens (tertiary/aromatic N) is 4. The highest BCUT2D eigenvalue weighted by Gasteiger charge is 2.18.